The van der Waals surface area contributed by atoms with Crippen molar-refractivity contribution < 1.29 is 0 Å². The van der Waals surface area contributed by atoms with Crippen LogP contribution in [0.25, 0.3) is 152 Å². The lowest BCUT2D eigenvalue weighted by atomic mass is 10.1. The summed E-state index contributed by atoms with van der Waals surface area (Å²) in [6.07, 6.45) is 0. The summed E-state index contributed by atoms with van der Waals surface area (Å²) >= 11 is 0. The van der Waals surface area contributed by atoms with Crippen LogP contribution >= 0.6 is 0 Å². The molecule has 0 aliphatic heterocycles. The average molecular weight is 1040 g/mol. The molecule has 10 aromatic carbocycles. The predicted octanol–water partition coefficient (Wildman–Crippen LogP) is 15.5. The van der Waals surface area contributed by atoms with Crippen LogP contribution in [0, 0.1) is 0 Å². The Balaban J connectivity index is 1.04. The molecular formula is C69H42N12. The van der Waals surface area contributed by atoms with Gasteiger partial charge in [0.25, 0.3) is 0 Å². The molecule has 0 spiro atoms. The van der Waals surface area contributed by atoms with E-state index in [1.54, 1.807) is 0 Å². The highest BCUT2D eigenvalue weighted by Crippen LogP contribution is 2.43. The van der Waals surface area contributed by atoms with E-state index >= 15 is 0 Å². The molecule has 0 saturated heterocycles. The number of rotatable bonds is 9. The van der Waals surface area contributed by atoms with E-state index in [9.17, 15) is 0 Å². The van der Waals surface area contributed by atoms with E-state index in [0.717, 1.165) is 98.8 Å². The Morgan fingerprint density at radius 3 is 0.617 bits per heavy atom. The third kappa shape index (κ3) is 7.72. The Bertz CT molecular complexity index is 4650. The lowest BCUT2D eigenvalue weighted by Gasteiger charge is -2.12. The van der Waals surface area contributed by atoms with E-state index < -0.39 is 0 Å². The first-order valence-corrected chi connectivity index (χ1v) is 26.7. The second-order valence-corrected chi connectivity index (χ2v) is 19.9. The minimum atomic E-state index is 0.476. The van der Waals surface area contributed by atoms with Crippen molar-refractivity contribution in [1.82, 2.24) is 58.6 Å². The van der Waals surface area contributed by atoms with Crippen molar-refractivity contribution in [1.29, 1.82) is 0 Å². The molecule has 12 heteroatoms. The molecule has 0 radical (unpaired) electrons. The summed E-state index contributed by atoms with van der Waals surface area (Å²) in [5.41, 5.74) is 10.8. The van der Waals surface area contributed by atoms with Gasteiger partial charge < -0.3 is 0 Å². The molecule has 0 bridgehead atoms. The van der Waals surface area contributed by atoms with Crippen LogP contribution in [0.1, 0.15) is 0 Å². The van der Waals surface area contributed by atoms with Gasteiger partial charge in [-0.2, -0.15) is 29.9 Å². The molecule has 16 aromatic rings. The van der Waals surface area contributed by atoms with Crippen LogP contribution in [0.3, 0.4) is 0 Å². The average Bonchev–Trinajstić information content (AvgIpc) is 3.82. The lowest BCUT2D eigenvalue weighted by molar-refractivity contribution is 0.950. The van der Waals surface area contributed by atoms with Gasteiger partial charge in [0.05, 0.1) is 33.1 Å². The second kappa shape index (κ2) is 18.7. The van der Waals surface area contributed by atoms with Crippen molar-refractivity contribution in [3.05, 3.63) is 255 Å². The molecule has 0 unspecified atom stereocenters. The van der Waals surface area contributed by atoms with Crippen LogP contribution in [-0.4, -0.2) is 58.6 Å². The van der Waals surface area contributed by atoms with Crippen molar-refractivity contribution in [2.45, 2.75) is 0 Å². The summed E-state index contributed by atoms with van der Waals surface area (Å²) in [6, 6.07) is 86.5. The quantitative estimate of drug-likeness (QED) is 0.139. The number of nitrogens with zero attached hydrogens (tertiary/aromatic N) is 12. The van der Waals surface area contributed by atoms with Gasteiger partial charge in [0.15, 0.2) is 34.9 Å². The van der Waals surface area contributed by atoms with Gasteiger partial charge in [-0.25, -0.2) is 15.0 Å². The molecule has 81 heavy (non-hydrogen) atoms. The SMILES string of the molecule is c1ccc(-c2nc(-c3ccccc3)nc(-n3c4ccccc4c4cc5c(cc43)c3cc4c(cc3n5-c3nc(-c5ccccc5)nc(-c5ccccc5)n3)c3ccccc3n4-c3nc(-c4ccccc4)nc(-c4ccccc4)n3)n2)cc1. The molecule has 0 aliphatic carbocycles. The topological polar surface area (TPSA) is 131 Å². The summed E-state index contributed by atoms with van der Waals surface area (Å²) in [7, 11) is 0. The Hall–Kier alpha value is -11.4. The third-order valence-electron chi connectivity index (χ3n) is 15.0. The molecule has 6 heterocycles. The minimum absolute atomic E-state index is 0.476. The first-order chi connectivity index (χ1) is 40.1. The summed E-state index contributed by atoms with van der Waals surface area (Å²) in [5.74, 6) is 4.86. The number of benzene rings is 10. The molecule has 0 N–H and O–H groups in total. The summed E-state index contributed by atoms with van der Waals surface area (Å²) in [4.78, 5) is 47.3. The first kappa shape index (κ1) is 45.8. The molecule has 12 nitrogen and oxygen atoms in total. The molecule has 0 atom stereocenters. The van der Waals surface area contributed by atoms with E-state index in [0.29, 0.717) is 52.8 Å². The smallest absolute Gasteiger partial charge is 0.238 e. The standard InChI is InChI=1S/C69H42N12/c1-7-23-43(24-8-1)61-70-62(44-25-9-2-10-26-44)74-67(73-61)79-55-37-21-19-35-49(55)51-39-59-53(41-57(51)79)54-42-58-52(40-60(54)81(59)69-77-65(47-31-15-5-16-32-47)72-66(78-69)48-33-17-6-18-34-48)50-36-20-22-38-56(50)80(58)68-75-63(45-27-11-3-12-28-45)71-64(76-68)46-29-13-4-14-30-46/h1-42H. The van der Waals surface area contributed by atoms with Crippen molar-refractivity contribution in [2.75, 3.05) is 0 Å². The van der Waals surface area contributed by atoms with Gasteiger partial charge in [-0.3, -0.25) is 13.7 Å². The maximum absolute atomic E-state index is 5.39. The predicted molar refractivity (Wildman–Crippen MR) is 322 cm³/mol. The normalized spacial score (nSPS) is 11.7. The maximum Gasteiger partial charge on any atom is 0.238 e. The molecule has 378 valence electrons. The summed E-state index contributed by atoms with van der Waals surface area (Å²) < 4.78 is 6.55. The van der Waals surface area contributed by atoms with Crippen LogP contribution in [0.4, 0.5) is 0 Å². The third-order valence-corrected chi connectivity index (χ3v) is 15.0. The minimum Gasteiger partial charge on any atom is -0.278 e. The van der Waals surface area contributed by atoms with Gasteiger partial charge in [0.2, 0.25) is 17.8 Å². The number of para-hydroxylation sites is 2. The van der Waals surface area contributed by atoms with Crippen molar-refractivity contribution in [3.63, 3.8) is 0 Å². The highest BCUT2D eigenvalue weighted by molar-refractivity contribution is 6.22. The van der Waals surface area contributed by atoms with Crippen LogP contribution in [0.15, 0.2) is 255 Å². The fourth-order valence-electron chi connectivity index (χ4n) is 11.3. The highest BCUT2D eigenvalue weighted by atomic mass is 15.2. The van der Waals surface area contributed by atoms with Crippen molar-refractivity contribution in [2.24, 2.45) is 0 Å². The van der Waals surface area contributed by atoms with Crippen LogP contribution in [-0.2, 0) is 0 Å². The van der Waals surface area contributed by atoms with E-state index in [1.165, 1.54) is 0 Å². The number of fused-ring (bicyclic) bond motifs is 9. The van der Waals surface area contributed by atoms with Crippen molar-refractivity contribution in [3.8, 4) is 86.2 Å². The van der Waals surface area contributed by atoms with Gasteiger partial charge >= 0.3 is 0 Å². The fourth-order valence-corrected chi connectivity index (χ4v) is 11.3. The monoisotopic (exact) mass is 1040 g/mol. The van der Waals surface area contributed by atoms with Gasteiger partial charge in [-0.1, -0.05) is 218 Å². The van der Waals surface area contributed by atoms with E-state index in [-0.39, 0.29) is 0 Å². The molecule has 0 fully saturated rings. The molecule has 0 aliphatic rings. The second-order valence-electron chi connectivity index (χ2n) is 19.9. The molecule has 0 amide bonds. The van der Waals surface area contributed by atoms with Crippen molar-refractivity contribution >= 4 is 65.4 Å². The fraction of sp³-hybridized carbons (Fsp3) is 0. The maximum atomic E-state index is 5.39. The molecule has 6 aromatic heterocycles. The number of hydrogen-bond acceptors (Lipinski definition) is 9. The largest absolute Gasteiger partial charge is 0.278 e. The van der Waals surface area contributed by atoms with E-state index in [1.807, 2.05) is 182 Å². The van der Waals surface area contributed by atoms with Gasteiger partial charge in [0, 0.05) is 65.7 Å². The lowest BCUT2D eigenvalue weighted by Crippen LogP contribution is -2.07. The van der Waals surface area contributed by atoms with Gasteiger partial charge in [-0.05, 0) is 36.4 Å². The van der Waals surface area contributed by atoms with Gasteiger partial charge in [0.1, 0.15) is 0 Å². The Labute approximate surface area is 462 Å². The Morgan fingerprint density at radius 2 is 0.370 bits per heavy atom. The summed E-state index contributed by atoms with van der Waals surface area (Å²) in [5, 5.41) is 5.96. The zero-order chi connectivity index (χ0) is 53.4. The van der Waals surface area contributed by atoms with Crippen LogP contribution in [0.5, 0.6) is 0 Å². The Kier molecular flexibility index (Phi) is 10.6. The molecule has 16 rings (SSSR count). The first-order valence-electron chi connectivity index (χ1n) is 26.7. The molecular weight excluding hydrogens is 997 g/mol. The van der Waals surface area contributed by atoms with E-state index in [2.05, 4.69) is 86.5 Å². The van der Waals surface area contributed by atoms with Crippen LogP contribution < -0.4 is 0 Å². The highest BCUT2D eigenvalue weighted by Gasteiger charge is 2.26. The molecule has 0 saturated carbocycles. The number of hydrogen-bond donors (Lipinski definition) is 0. The zero-order valence-electron chi connectivity index (χ0n) is 43.1. The van der Waals surface area contributed by atoms with E-state index in [4.69, 9.17) is 44.9 Å². The van der Waals surface area contributed by atoms with Crippen LogP contribution in [0.2, 0.25) is 0 Å². The Morgan fingerprint density at radius 1 is 0.173 bits per heavy atom. The van der Waals surface area contributed by atoms with Gasteiger partial charge in [-0.15, -0.1) is 0 Å². The zero-order valence-corrected chi connectivity index (χ0v) is 43.1. The summed E-state index contributed by atoms with van der Waals surface area (Å²) in [6.45, 7) is 0. The number of aromatic nitrogens is 12.